The maximum atomic E-state index is 13.7. The average molecular weight is 408 g/mol. The standard InChI is InChI=1S/C19H19BrFNO3/c1-2-6-17(13-7-4-3-5-8-13)22-18(23)12-25-19(24)15-10-9-14(20)11-16(15)21/h3-5,7-11,17H,2,6,12H2,1H3,(H,22,23)/t17-/m1/s1. The predicted molar refractivity (Wildman–Crippen MR) is 96.6 cm³/mol. The van der Waals surface area contributed by atoms with E-state index in [0.29, 0.717) is 4.47 Å². The van der Waals surface area contributed by atoms with Crippen LogP contribution < -0.4 is 5.32 Å². The minimum atomic E-state index is -0.869. The smallest absolute Gasteiger partial charge is 0.341 e. The molecule has 0 fully saturated rings. The quantitative estimate of drug-likeness (QED) is 0.691. The number of amides is 1. The van der Waals surface area contributed by atoms with Gasteiger partial charge in [0, 0.05) is 4.47 Å². The first-order valence-electron chi connectivity index (χ1n) is 7.97. The lowest BCUT2D eigenvalue weighted by molar-refractivity contribution is -0.125. The monoisotopic (exact) mass is 407 g/mol. The molecule has 1 amide bonds. The van der Waals surface area contributed by atoms with Gasteiger partial charge in [-0.1, -0.05) is 59.6 Å². The Hall–Kier alpha value is -2.21. The van der Waals surface area contributed by atoms with E-state index in [-0.39, 0.29) is 11.6 Å². The summed E-state index contributed by atoms with van der Waals surface area (Å²) in [5, 5.41) is 2.85. The molecule has 2 aromatic rings. The van der Waals surface area contributed by atoms with Crippen LogP contribution in [0.2, 0.25) is 0 Å². The van der Waals surface area contributed by atoms with Crippen molar-refractivity contribution in [2.24, 2.45) is 0 Å². The van der Waals surface area contributed by atoms with Gasteiger partial charge in [0.2, 0.25) is 0 Å². The first kappa shape index (κ1) is 19.1. The van der Waals surface area contributed by atoms with E-state index in [9.17, 15) is 14.0 Å². The Bertz CT molecular complexity index is 737. The third kappa shape index (κ3) is 5.67. The number of rotatable bonds is 7. The van der Waals surface area contributed by atoms with Gasteiger partial charge in [-0.2, -0.15) is 0 Å². The van der Waals surface area contributed by atoms with Crippen molar-refractivity contribution in [2.45, 2.75) is 25.8 Å². The van der Waals surface area contributed by atoms with Crippen LogP contribution >= 0.6 is 15.9 Å². The zero-order chi connectivity index (χ0) is 18.2. The Morgan fingerprint density at radius 3 is 2.56 bits per heavy atom. The van der Waals surface area contributed by atoms with Crippen molar-refractivity contribution in [2.75, 3.05) is 6.61 Å². The molecule has 132 valence electrons. The molecule has 1 N–H and O–H groups in total. The maximum Gasteiger partial charge on any atom is 0.341 e. The normalized spacial score (nSPS) is 11.6. The van der Waals surface area contributed by atoms with Crippen LogP contribution in [0.15, 0.2) is 53.0 Å². The molecule has 0 aromatic heterocycles. The second-order valence-electron chi connectivity index (χ2n) is 5.52. The fourth-order valence-corrected chi connectivity index (χ4v) is 2.73. The lowest BCUT2D eigenvalue weighted by Crippen LogP contribution is -2.32. The van der Waals surface area contributed by atoms with Crippen molar-refractivity contribution in [1.82, 2.24) is 5.32 Å². The lowest BCUT2D eigenvalue weighted by Gasteiger charge is -2.18. The Morgan fingerprint density at radius 1 is 1.20 bits per heavy atom. The molecule has 0 aliphatic carbocycles. The third-order valence-electron chi connectivity index (χ3n) is 3.60. The number of nitrogens with one attached hydrogen (secondary N) is 1. The Labute approximate surface area is 154 Å². The Morgan fingerprint density at radius 2 is 1.92 bits per heavy atom. The molecule has 0 spiro atoms. The molecule has 0 aliphatic rings. The molecule has 0 radical (unpaired) electrons. The summed E-state index contributed by atoms with van der Waals surface area (Å²) < 4.78 is 19.2. The first-order chi connectivity index (χ1) is 12.0. The van der Waals surface area contributed by atoms with E-state index < -0.39 is 24.3 Å². The number of esters is 1. The van der Waals surface area contributed by atoms with Crippen LogP contribution in [0.1, 0.15) is 41.7 Å². The number of carbonyl (C=O) groups is 2. The molecule has 0 aliphatic heterocycles. The highest BCUT2D eigenvalue weighted by molar-refractivity contribution is 9.10. The van der Waals surface area contributed by atoms with Crippen LogP contribution in [0.4, 0.5) is 4.39 Å². The molecule has 0 saturated heterocycles. The summed E-state index contributed by atoms with van der Waals surface area (Å²) in [6, 6.07) is 13.4. The van der Waals surface area contributed by atoms with Crippen LogP contribution in [0, 0.1) is 5.82 Å². The number of hydrogen-bond donors (Lipinski definition) is 1. The van der Waals surface area contributed by atoms with Crippen molar-refractivity contribution in [1.29, 1.82) is 0 Å². The van der Waals surface area contributed by atoms with Gasteiger partial charge in [0.05, 0.1) is 11.6 Å². The third-order valence-corrected chi connectivity index (χ3v) is 4.09. The highest BCUT2D eigenvalue weighted by atomic mass is 79.9. The Kier molecular flexibility index (Phi) is 7.13. The zero-order valence-electron chi connectivity index (χ0n) is 13.8. The predicted octanol–water partition coefficient (Wildman–Crippen LogP) is 4.40. The van der Waals surface area contributed by atoms with E-state index in [1.165, 1.54) is 18.2 Å². The first-order valence-corrected chi connectivity index (χ1v) is 8.77. The fourth-order valence-electron chi connectivity index (χ4n) is 2.40. The molecular weight excluding hydrogens is 389 g/mol. The lowest BCUT2D eigenvalue weighted by atomic mass is 10.0. The van der Waals surface area contributed by atoms with Crippen molar-refractivity contribution in [3.05, 3.63) is 69.9 Å². The second kappa shape index (κ2) is 9.32. The van der Waals surface area contributed by atoms with Crippen molar-refractivity contribution in [3.8, 4) is 0 Å². The van der Waals surface area contributed by atoms with Gasteiger partial charge in [-0.25, -0.2) is 9.18 Å². The summed E-state index contributed by atoms with van der Waals surface area (Å²) in [4.78, 5) is 24.0. The van der Waals surface area contributed by atoms with Crippen LogP contribution in [0.5, 0.6) is 0 Å². The van der Waals surface area contributed by atoms with Crippen LogP contribution in [-0.2, 0) is 9.53 Å². The highest BCUT2D eigenvalue weighted by Gasteiger charge is 2.17. The van der Waals surface area contributed by atoms with Crippen molar-refractivity contribution < 1.29 is 18.7 Å². The number of carbonyl (C=O) groups excluding carboxylic acids is 2. The van der Waals surface area contributed by atoms with Crippen LogP contribution in [0.25, 0.3) is 0 Å². The summed E-state index contributed by atoms with van der Waals surface area (Å²) in [6.07, 6.45) is 1.66. The SMILES string of the molecule is CCC[C@@H](NC(=O)COC(=O)c1ccc(Br)cc1F)c1ccccc1. The molecule has 0 unspecified atom stereocenters. The van der Waals surface area contributed by atoms with E-state index in [1.807, 2.05) is 37.3 Å². The second-order valence-corrected chi connectivity index (χ2v) is 6.44. The minimum absolute atomic E-state index is 0.151. The zero-order valence-corrected chi connectivity index (χ0v) is 15.4. The van der Waals surface area contributed by atoms with Crippen molar-refractivity contribution >= 4 is 27.8 Å². The molecule has 1 atom stereocenters. The Balaban J connectivity index is 1.93. The summed E-state index contributed by atoms with van der Waals surface area (Å²) >= 11 is 3.12. The molecule has 6 heteroatoms. The molecule has 2 rings (SSSR count). The van der Waals surface area contributed by atoms with E-state index in [1.54, 1.807) is 0 Å². The summed E-state index contributed by atoms with van der Waals surface area (Å²) in [5.74, 6) is -1.99. The van der Waals surface area contributed by atoms with Crippen LogP contribution in [-0.4, -0.2) is 18.5 Å². The molecule has 4 nitrogen and oxygen atoms in total. The van der Waals surface area contributed by atoms with Crippen molar-refractivity contribution in [3.63, 3.8) is 0 Å². The van der Waals surface area contributed by atoms with Gasteiger partial charge >= 0.3 is 5.97 Å². The van der Waals surface area contributed by atoms with E-state index >= 15 is 0 Å². The molecule has 2 aromatic carbocycles. The van der Waals surface area contributed by atoms with Gasteiger partial charge < -0.3 is 10.1 Å². The fraction of sp³-hybridized carbons (Fsp3) is 0.263. The molecule has 0 heterocycles. The van der Waals surface area contributed by atoms with Crippen LogP contribution in [0.3, 0.4) is 0 Å². The van der Waals surface area contributed by atoms with E-state index in [0.717, 1.165) is 18.4 Å². The van der Waals surface area contributed by atoms with Gasteiger partial charge in [0.15, 0.2) is 6.61 Å². The largest absolute Gasteiger partial charge is 0.452 e. The summed E-state index contributed by atoms with van der Waals surface area (Å²) in [6.45, 7) is 1.57. The molecular formula is C19H19BrFNO3. The molecule has 0 saturated carbocycles. The van der Waals surface area contributed by atoms with Gasteiger partial charge in [-0.05, 0) is 30.2 Å². The highest BCUT2D eigenvalue weighted by Crippen LogP contribution is 2.18. The summed E-state index contributed by atoms with van der Waals surface area (Å²) in [7, 11) is 0. The number of halogens is 2. The van der Waals surface area contributed by atoms with Gasteiger partial charge in [-0.15, -0.1) is 0 Å². The average Bonchev–Trinajstić information content (AvgIpc) is 2.60. The molecule has 25 heavy (non-hydrogen) atoms. The van der Waals surface area contributed by atoms with Gasteiger partial charge in [0.1, 0.15) is 5.82 Å². The van der Waals surface area contributed by atoms with E-state index in [4.69, 9.17) is 4.74 Å². The number of ether oxygens (including phenoxy) is 1. The van der Waals surface area contributed by atoms with E-state index in [2.05, 4.69) is 21.2 Å². The maximum absolute atomic E-state index is 13.7. The number of benzene rings is 2. The molecule has 0 bridgehead atoms. The van der Waals surface area contributed by atoms with Gasteiger partial charge in [0.25, 0.3) is 5.91 Å². The van der Waals surface area contributed by atoms with Gasteiger partial charge in [-0.3, -0.25) is 4.79 Å². The number of hydrogen-bond acceptors (Lipinski definition) is 3. The minimum Gasteiger partial charge on any atom is -0.452 e. The summed E-state index contributed by atoms with van der Waals surface area (Å²) in [5.41, 5.74) is 0.784. The topological polar surface area (TPSA) is 55.4 Å².